The van der Waals surface area contributed by atoms with Crippen molar-refractivity contribution in [3.63, 3.8) is 0 Å². The lowest BCUT2D eigenvalue weighted by Gasteiger charge is -2.20. The van der Waals surface area contributed by atoms with E-state index in [-0.39, 0.29) is 5.97 Å². The predicted molar refractivity (Wildman–Crippen MR) is 71.7 cm³/mol. The molecule has 0 N–H and O–H groups in total. The van der Waals surface area contributed by atoms with E-state index in [0.717, 1.165) is 24.0 Å². The summed E-state index contributed by atoms with van der Waals surface area (Å²) in [6.07, 6.45) is 1.02. The van der Waals surface area contributed by atoms with Crippen molar-refractivity contribution in [3.05, 3.63) is 34.3 Å². The normalized spacial score (nSPS) is 10.6. The topological polar surface area (TPSA) is 29.5 Å². The van der Waals surface area contributed by atoms with E-state index < -0.39 is 0 Å². The highest BCUT2D eigenvalue weighted by Crippen LogP contribution is 2.13. The van der Waals surface area contributed by atoms with Gasteiger partial charge in [0.25, 0.3) is 0 Å². The van der Waals surface area contributed by atoms with Gasteiger partial charge in [0.1, 0.15) is 0 Å². The fourth-order valence-corrected chi connectivity index (χ4v) is 2.12. The van der Waals surface area contributed by atoms with Gasteiger partial charge in [-0.1, -0.05) is 35.0 Å². The lowest BCUT2D eigenvalue weighted by Crippen LogP contribution is -2.30. The number of rotatable bonds is 6. The number of methoxy groups -OCH3 is 1. The smallest absolute Gasteiger partial charge is 0.319 e. The summed E-state index contributed by atoms with van der Waals surface area (Å²) < 4.78 is 5.76. The van der Waals surface area contributed by atoms with Crippen LogP contribution < -0.4 is 0 Å². The van der Waals surface area contributed by atoms with E-state index in [1.54, 1.807) is 0 Å². The molecule has 0 bridgehead atoms. The van der Waals surface area contributed by atoms with Crippen molar-refractivity contribution in [1.29, 1.82) is 0 Å². The monoisotopic (exact) mass is 299 g/mol. The van der Waals surface area contributed by atoms with Gasteiger partial charge in [0.2, 0.25) is 0 Å². The van der Waals surface area contributed by atoms with Gasteiger partial charge in [0.05, 0.1) is 13.7 Å². The third-order valence-electron chi connectivity index (χ3n) is 2.42. The van der Waals surface area contributed by atoms with E-state index in [1.807, 2.05) is 12.1 Å². The lowest BCUT2D eigenvalue weighted by molar-refractivity contribution is -0.142. The summed E-state index contributed by atoms with van der Waals surface area (Å²) in [4.78, 5) is 13.4. The molecule has 0 aliphatic carbocycles. The summed E-state index contributed by atoms with van der Waals surface area (Å²) in [5.41, 5.74) is 1.19. The Bertz CT molecular complexity index is 368. The van der Waals surface area contributed by atoms with Crippen LogP contribution in [0.2, 0.25) is 0 Å². The third-order valence-corrected chi connectivity index (χ3v) is 2.91. The van der Waals surface area contributed by atoms with Gasteiger partial charge < -0.3 is 4.74 Å². The van der Waals surface area contributed by atoms with Gasteiger partial charge in [-0.05, 0) is 30.7 Å². The Hall–Kier alpha value is -0.870. The second-order valence-corrected chi connectivity index (χ2v) is 4.83. The van der Waals surface area contributed by atoms with Crippen molar-refractivity contribution >= 4 is 21.9 Å². The SMILES string of the molecule is CCCN(CC(=O)OC)Cc1cccc(Br)c1. The Morgan fingerprint density at radius 1 is 1.47 bits per heavy atom. The highest BCUT2D eigenvalue weighted by atomic mass is 79.9. The molecule has 0 fully saturated rings. The number of esters is 1. The average Bonchev–Trinajstić information content (AvgIpc) is 2.29. The maximum absolute atomic E-state index is 11.3. The van der Waals surface area contributed by atoms with E-state index in [2.05, 4.69) is 39.9 Å². The molecule has 0 atom stereocenters. The molecule has 0 amide bonds. The minimum absolute atomic E-state index is 0.187. The lowest BCUT2D eigenvalue weighted by atomic mass is 10.2. The number of nitrogens with zero attached hydrogens (tertiary/aromatic N) is 1. The van der Waals surface area contributed by atoms with Crippen molar-refractivity contribution < 1.29 is 9.53 Å². The first kappa shape index (κ1) is 14.2. The molecule has 0 spiro atoms. The molecule has 0 aliphatic heterocycles. The molecule has 1 rings (SSSR count). The van der Waals surface area contributed by atoms with Gasteiger partial charge in [-0.3, -0.25) is 9.69 Å². The molecule has 0 radical (unpaired) electrons. The molecule has 0 aliphatic rings. The van der Waals surface area contributed by atoms with Crippen molar-refractivity contribution in [3.8, 4) is 0 Å². The first-order chi connectivity index (χ1) is 8.15. The predicted octanol–water partition coefficient (Wildman–Crippen LogP) is 2.83. The quantitative estimate of drug-likeness (QED) is 0.757. The van der Waals surface area contributed by atoms with E-state index in [9.17, 15) is 4.79 Å². The van der Waals surface area contributed by atoms with Crippen molar-refractivity contribution in [2.75, 3.05) is 20.2 Å². The summed E-state index contributed by atoms with van der Waals surface area (Å²) in [6.45, 7) is 4.10. The van der Waals surface area contributed by atoms with Gasteiger partial charge in [0.15, 0.2) is 0 Å². The first-order valence-electron chi connectivity index (χ1n) is 5.69. The van der Waals surface area contributed by atoms with E-state index >= 15 is 0 Å². The fraction of sp³-hybridized carbons (Fsp3) is 0.462. The zero-order valence-corrected chi connectivity index (χ0v) is 11.9. The molecule has 0 saturated heterocycles. The number of benzene rings is 1. The standard InChI is InChI=1S/C13H18BrNO2/c1-3-7-15(10-13(16)17-2)9-11-5-4-6-12(14)8-11/h4-6,8H,3,7,9-10H2,1-2H3. The van der Waals surface area contributed by atoms with Gasteiger partial charge in [-0.25, -0.2) is 0 Å². The minimum atomic E-state index is -0.187. The number of carbonyl (C=O) groups is 1. The highest BCUT2D eigenvalue weighted by molar-refractivity contribution is 9.10. The van der Waals surface area contributed by atoms with Crippen LogP contribution in [-0.4, -0.2) is 31.1 Å². The maximum Gasteiger partial charge on any atom is 0.319 e. The Balaban J connectivity index is 2.62. The van der Waals surface area contributed by atoms with Crippen LogP contribution in [0.1, 0.15) is 18.9 Å². The molecule has 4 heteroatoms. The van der Waals surface area contributed by atoms with Crippen LogP contribution >= 0.6 is 15.9 Å². The van der Waals surface area contributed by atoms with Crippen LogP contribution in [0, 0.1) is 0 Å². The maximum atomic E-state index is 11.3. The molecule has 1 aromatic rings. The zero-order valence-electron chi connectivity index (χ0n) is 10.3. The third kappa shape index (κ3) is 5.33. The fourth-order valence-electron chi connectivity index (χ4n) is 1.67. The molecular weight excluding hydrogens is 282 g/mol. The number of hydrogen-bond acceptors (Lipinski definition) is 3. The van der Waals surface area contributed by atoms with Crippen LogP contribution in [0.25, 0.3) is 0 Å². The average molecular weight is 300 g/mol. The molecule has 0 unspecified atom stereocenters. The van der Waals surface area contributed by atoms with Gasteiger partial charge in [-0.15, -0.1) is 0 Å². The zero-order chi connectivity index (χ0) is 12.7. The summed E-state index contributed by atoms with van der Waals surface area (Å²) in [7, 11) is 1.42. The molecule has 94 valence electrons. The summed E-state index contributed by atoms with van der Waals surface area (Å²) in [5.74, 6) is -0.187. The van der Waals surface area contributed by atoms with E-state index in [1.165, 1.54) is 12.7 Å². The Kier molecular flexibility index (Phi) is 6.22. The second-order valence-electron chi connectivity index (χ2n) is 3.92. The molecular formula is C13H18BrNO2. The molecule has 0 heterocycles. The highest BCUT2D eigenvalue weighted by Gasteiger charge is 2.10. The van der Waals surface area contributed by atoms with Gasteiger partial charge in [0, 0.05) is 11.0 Å². The Labute approximate surface area is 111 Å². The van der Waals surface area contributed by atoms with Gasteiger partial charge >= 0.3 is 5.97 Å². The van der Waals surface area contributed by atoms with Crippen molar-refractivity contribution in [2.24, 2.45) is 0 Å². The second kappa shape index (κ2) is 7.45. The van der Waals surface area contributed by atoms with Crippen LogP contribution in [0.15, 0.2) is 28.7 Å². The first-order valence-corrected chi connectivity index (χ1v) is 6.48. The number of halogens is 1. The number of hydrogen-bond donors (Lipinski definition) is 0. The number of ether oxygens (including phenoxy) is 1. The Morgan fingerprint density at radius 2 is 2.24 bits per heavy atom. The van der Waals surface area contributed by atoms with E-state index in [4.69, 9.17) is 4.74 Å². The van der Waals surface area contributed by atoms with Crippen LogP contribution in [0.5, 0.6) is 0 Å². The molecule has 0 saturated carbocycles. The molecule has 1 aromatic carbocycles. The van der Waals surface area contributed by atoms with Crippen LogP contribution in [0.3, 0.4) is 0 Å². The molecule has 17 heavy (non-hydrogen) atoms. The number of carbonyl (C=O) groups excluding carboxylic acids is 1. The van der Waals surface area contributed by atoms with Gasteiger partial charge in [-0.2, -0.15) is 0 Å². The Morgan fingerprint density at radius 3 is 2.82 bits per heavy atom. The van der Waals surface area contributed by atoms with Crippen LogP contribution in [-0.2, 0) is 16.1 Å². The minimum Gasteiger partial charge on any atom is -0.468 e. The van der Waals surface area contributed by atoms with Crippen molar-refractivity contribution in [2.45, 2.75) is 19.9 Å². The summed E-state index contributed by atoms with van der Waals surface area (Å²) >= 11 is 3.45. The van der Waals surface area contributed by atoms with E-state index in [0.29, 0.717) is 6.54 Å². The summed E-state index contributed by atoms with van der Waals surface area (Å²) in [5, 5.41) is 0. The largest absolute Gasteiger partial charge is 0.468 e. The molecule has 3 nitrogen and oxygen atoms in total. The summed E-state index contributed by atoms with van der Waals surface area (Å²) in [6, 6.07) is 8.13. The molecule has 0 aromatic heterocycles. The van der Waals surface area contributed by atoms with Crippen molar-refractivity contribution in [1.82, 2.24) is 4.90 Å². The van der Waals surface area contributed by atoms with Crippen LogP contribution in [0.4, 0.5) is 0 Å².